The Morgan fingerprint density at radius 3 is 2.95 bits per heavy atom. The molecule has 0 spiro atoms. The van der Waals surface area contributed by atoms with Gasteiger partial charge in [-0.2, -0.15) is 0 Å². The lowest BCUT2D eigenvalue weighted by Gasteiger charge is -2.14. The summed E-state index contributed by atoms with van der Waals surface area (Å²) < 4.78 is 6.60. The van der Waals surface area contributed by atoms with Gasteiger partial charge >= 0.3 is 0 Å². The van der Waals surface area contributed by atoms with Gasteiger partial charge in [0, 0.05) is 24.7 Å². The second-order valence-electron chi connectivity index (χ2n) is 5.38. The van der Waals surface area contributed by atoms with Crippen LogP contribution in [0.15, 0.2) is 22.7 Å². The largest absolute Gasteiger partial charge is 0.482 e. The van der Waals surface area contributed by atoms with E-state index < -0.39 is 0 Å². The number of ether oxygens (including phenoxy) is 1. The van der Waals surface area contributed by atoms with Crippen LogP contribution in [0, 0.1) is 0 Å². The molecule has 2 N–H and O–H groups in total. The number of rotatable bonds is 9. The van der Waals surface area contributed by atoms with Crippen molar-refractivity contribution >= 4 is 21.8 Å². The van der Waals surface area contributed by atoms with Crippen LogP contribution in [0.4, 0.5) is 0 Å². The summed E-state index contributed by atoms with van der Waals surface area (Å²) in [5.41, 5.74) is 1.08. The summed E-state index contributed by atoms with van der Waals surface area (Å²) in [7, 11) is 0. The Kier molecular flexibility index (Phi) is 6.51. The van der Waals surface area contributed by atoms with Gasteiger partial charge < -0.3 is 15.4 Å². The minimum absolute atomic E-state index is 0.0583. The molecule has 0 radical (unpaired) electrons. The molecule has 1 aromatic rings. The predicted octanol–water partition coefficient (Wildman–Crippen LogP) is 3.00. The first-order valence-corrected chi connectivity index (χ1v) is 8.40. The predicted molar refractivity (Wildman–Crippen MR) is 87.4 cm³/mol. The first-order valence-electron chi connectivity index (χ1n) is 7.61. The third kappa shape index (κ3) is 5.67. The van der Waals surface area contributed by atoms with E-state index in [1.807, 2.05) is 18.2 Å². The van der Waals surface area contributed by atoms with E-state index in [1.54, 1.807) is 0 Å². The molecule has 0 aromatic heterocycles. The Hall–Kier alpha value is -1.07. The van der Waals surface area contributed by atoms with Crippen LogP contribution in [-0.4, -0.2) is 25.1 Å². The van der Waals surface area contributed by atoms with E-state index in [4.69, 9.17) is 4.74 Å². The number of unbranched alkanes of at least 4 members (excludes halogenated alkanes) is 1. The van der Waals surface area contributed by atoms with E-state index in [-0.39, 0.29) is 12.5 Å². The van der Waals surface area contributed by atoms with Crippen molar-refractivity contribution in [2.75, 3.05) is 13.2 Å². The Balaban J connectivity index is 1.86. The Morgan fingerprint density at radius 1 is 1.43 bits per heavy atom. The maximum atomic E-state index is 11.7. The molecule has 116 valence electrons. The zero-order chi connectivity index (χ0) is 15.1. The standard InChI is InChI=1S/C16H23BrN2O2/c1-2-3-9-18-15(20)11-21-16-12(5-4-6-14(16)17)10-19-13-7-8-13/h4-6,13,19H,2-3,7-11H2,1H3,(H,18,20). The second-order valence-corrected chi connectivity index (χ2v) is 6.23. The summed E-state index contributed by atoms with van der Waals surface area (Å²) in [6.45, 7) is 3.65. The molecule has 1 amide bonds. The number of carbonyl (C=O) groups excluding carboxylic acids is 1. The first kappa shape index (κ1) is 16.3. The van der Waals surface area contributed by atoms with Gasteiger partial charge in [0.25, 0.3) is 5.91 Å². The van der Waals surface area contributed by atoms with Crippen molar-refractivity contribution in [2.45, 2.75) is 45.2 Å². The normalized spacial score (nSPS) is 14.0. The maximum Gasteiger partial charge on any atom is 0.257 e. The molecule has 1 fully saturated rings. The molecule has 1 aliphatic rings. The number of hydrogen-bond donors (Lipinski definition) is 2. The topological polar surface area (TPSA) is 50.4 Å². The zero-order valence-corrected chi connectivity index (χ0v) is 14.0. The SMILES string of the molecule is CCCCNC(=O)COc1c(Br)cccc1CNC1CC1. The molecule has 1 saturated carbocycles. The molecule has 0 aliphatic heterocycles. The quantitative estimate of drug-likeness (QED) is 0.670. The van der Waals surface area contributed by atoms with Gasteiger partial charge in [-0.3, -0.25) is 4.79 Å². The fraction of sp³-hybridized carbons (Fsp3) is 0.562. The summed E-state index contributed by atoms with van der Waals surface area (Å²) in [4.78, 5) is 11.7. The van der Waals surface area contributed by atoms with Gasteiger partial charge in [-0.05, 0) is 41.3 Å². The average molecular weight is 355 g/mol. The smallest absolute Gasteiger partial charge is 0.257 e. The van der Waals surface area contributed by atoms with Crippen molar-refractivity contribution in [3.8, 4) is 5.75 Å². The maximum absolute atomic E-state index is 11.7. The highest BCUT2D eigenvalue weighted by atomic mass is 79.9. The number of nitrogens with one attached hydrogen (secondary N) is 2. The van der Waals surface area contributed by atoms with Crippen LogP contribution in [0.25, 0.3) is 0 Å². The minimum Gasteiger partial charge on any atom is -0.482 e. The lowest BCUT2D eigenvalue weighted by atomic mass is 10.2. The summed E-state index contributed by atoms with van der Waals surface area (Å²) in [5, 5.41) is 6.33. The Morgan fingerprint density at radius 2 is 2.24 bits per heavy atom. The molecule has 1 aromatic carbocycles. The third-order valence-electron chi connectivity index (χ3n) is 3.41. The van der Waals surface area contributed by atoms with Crippen molar-refractivity contribution in [1.29, 1.82) is 0 Å². The number of halogens is 1. The monoisotopic (exact) mass is 354 g/mol. The van der Waals surface area contributed by atoms with E-state index in [0.717, 1.165) is 35.2 Å². The van der Waals surface area contributed by atoms with Crippen LogP contribution >= 0.6 is 15.9 Å². The Labute approximate surface area is 134 Å². The fourth-order valence-corrected chi connectivity index (χ4v) is 2.51. The van der Waals surface area contributed by atoms with Gasteiger partial charge in [0.05, 0.1) is 4.47 Å². The molecule has 0 bridgehead atoms. The van der Waals surface area contributed by atoms with Crippen molar-refractivity contribution in [1.82, 2.24) is 10.6 Å². The van der Waals surface area contributed by atoms with Gasteiger partial charge in [0.1, 0.15) is 5.75 Å². The molecule has 0 heterocycles. The summed E-state index contributed by atoms with van der Waals surface area (Å²) in [6, 6.07) is 6.60. The molecular formula is C16H23BrN2O2. The lowest BCUT2D eigenvalue weighted by molar-refractivity contribution is -0.123. The second kappa shape index (κ2) is 8.39. The van der Waals surface area contributed by atoms with E-state index in [2.05, 4.69) is 33.5 Å². The van der Waals surface area contributed by atoms with Gasteiger partial charge in [0.2, 0.25) is 0 Å². The van der Waals surface area contributed by atoms with E-state index >= 15 is 0 Å². The molecule has 0 unspecified atom stereocenters. The lowest BCUT2D eigenvalue weighted by Crippen LogP contribution is -2.30. The molecule has 1 aliphatic carbocycles. The Bertz CT molecular complexity index is 475. The zero-order valence-electron chi connectivity index (χ0n) is 12.5. The van der Waals surface area contributed by atoms with Gasteiger partial charge in [0.15, 0.2) is 6.61 Å². The number of hydrogen-bond acceptors (Lipinski definition) is 3. The number of amides is 1. The first-order chi connectivity index (χ1) is 10.2. The highest BCUT2D eigenvalue weighted by molar-refractivity contribution is 9.10. The fourth-order valence-electron chi connectivity index (χ4n) is 1.99. The summed E-state index contributed by atoms with van der Waals surface area (Å²) >= 11 is 3.50. The summed E-state index contributed by atoms with van der Waals surface area (Å²) in [5.74, 6) is 0.691. The van der Waals surface area contributed by atoms with Crippen LogP contribution < -0.4 is 15.4 Å². The molecule has 4 nitrogen and oxygen atoms in total. The van der Waals surface area contributed by atoms with Crippen LogP contribution in [0.1, 0.15) is 38.2 Å². The van der Waals surface area contributed by atoms with E-state index in [0.29, 0.717) is 12.6 Å². The van der Waals surface area contributed by atoms with Crippen LogP contribution in [0.2, 0.25) is 0 Å². The highest BCUT2D eigenvalue weighted by Gasteiger charge is 2.21. The van der Waals surface area contributed by atoms with E-state index in [9.17, 15) is 4.79 Å². The molecular weight excluding hydrogens is 332 g/mol. The number of carbonyl (C=O) groups is 1. The molecule has 2 rings (SSSR count). The van der Waals surface area contributed by atoms with Gasteiger partial charge in [-0.1, -0.05) is 25.5 Å². The molecule has 21 heavy (non-hydrogen) atoms. The minimum atomic E-state index is -0.0692. The molecule has 5 heteroatoms. The molecule has 0 saturated heterocycles. The highest BCUT2D eigenvalue weighted by Crippen LogP contribution is 2.30. The third-order valence-corrected chi connectivity index (χ3v) is 4.03. The summed E-state index contributed by atoms with van der Waals surface area (Å²) in [6.07, 6.45) is 4.58. The van der Waals surface area contributed by atoms with Crippen molar-refractivity contribution < 1.29 is 9.53 Å². The van der Waals surface area contributed by atoms with Crippen molar-refractivity contribution in [3.63, 3.8) is 0 Å². The van der Waals surface area contributed by atoms with Crippen LogP contribution in [0.5, 0.6) is 5.75 Å². The van der Waals surface area contributed by atoms with Gasteiger partial charge in [-0.25, -0.2) is 0 Å². The molecule has 0 atom stereocenters. The van der Waals surface area contributed by atoms with Crippen molar-refractivity contribution in [3.05, 3.63) is 28.2 Å². The van der Waals surface area contributed by atoms with Crippen molar-refractivity contribution in [2.24, 2.45) is 0 Å². The average Bonchev–Trinajstić information content (AvgIpc) is 3.28. The number of para-hydroxylation sites is 1. The van der Waals surface area contributed by atoms with Gasteiger partial charge in [-0.15, -0.1) is 0 Å². The van der Waals surface area contributed by atoms with Crippen LogP contribution in [-0.2, 0) is 11.3 Å². The van der Waals surface area contributed by atoms with Crippen LogP contribution in [0.3, 0.4) is 0 Å². The number of benzene rings is 1. The van der Waals surface area contributed by atoms with E-state index in [1.165, 1.54) is 12.8 Å².